The Bertz CT molecular complexity index is 821. The number of carbonyl (C=O) groups is 3. The Morgan fingerprint density at radius 3 is 2.56 bits per heavy atom. The summed E-state index contributed by atoms with van der Waals surface area (Å²) in [6.45, 7) is 0. The number of anilines is 2. The van der Waals surface area contributed by atoms with Crippen LogP contribution in [0.4, 0.5) is 11.4 Å². The fraction of sp³-hybridized carbons (Fsp3) is 0.167. The van der Waals surface area contributed by atoms with Gasteiger partial charge < -0.3 is 16.4 Å². The number of nitrogens with one attached hydrogen (secondary N) is 2. The molecule has 3 rings (SSSR count). The molecule has 0 fully saturated rings. The maximum atomic E-state index is 12.2. The summed E-state index contributed by atoms with van der Waals surface area (Å²) in [4.78, 5) is 36.2. The molecule has 0 saturated carbocycles. The summed E-state index contributed by atoms with van der Waals surface area (Å²) >= 11 is 1.39. The number of carbonyl (C=O) groups excluding carboxylic acids is 3. The number of fused-ring (bicyclic) bond motifs is 1. The first-order valence-corrected chi connectivity index (χ1v) is 8.63. The van der Waals surface area contributed by atoms with E-state index in [0.29, 0.717) is 5.69 Å². The van der Waals surface area contributed by atoms with Crippen molar-refractivity contribution < 1.29 is 14.4 Å². The van der Waals surface area contributed by atoms with Gasteiger partial charge in [0.05, 0.1) is 17.4 Å². The topological polar surface area (TPSA) is 101 Å². The molecule has 0 aromatic heterocycles. The molecule has 4 N–H and O–H groups in total. The largest absolute Gasteiger partial charge is 0.369 e. The number of hydrogen-bond donors (Lipinski definition) is 3. The van der Waals surface area contributed by atoms with Gasteiger partial charge in [-0.15, -0.1) is 11.8 Å². The zero-order valence-corrected chi connectivity index (χ0v) is 14.1. The van der Waals surface area contributed by atoms with Gasteiger partial charge in [-0.05, 0) is 29.8 Å². The normalized spacial score (nSPS) is 15.8. The number of amides is 3. The van der Waals surface area contributed by atoms with E-state index in [2.05, 4.69) is 10.6 Å². The first-order chi connectivity index (χ1) is 12.0. The summed E-state index contributed by atoms with van der Waals surface area (Å²) in [6, 6.07) is 14.4. The van der Waals surface area contributed by atoms with Crippen LogP contribution in [0.2, 0.25) is 0 Å². The third kappa shape index (κ3) is 4.39. The third-order valence-corrected chi connectivity index (χ3v) is 4.97. The minimum Gasteiger partial charge on any atom is -0.369 e. The Hall–Kier alpha value is -2.80. The number of benzene rings is 2. The molecular formula is C18H17N3O3S. The first-order valence-electron chi connectivity index (χ1n) is 7.75. The lowest BCUT2D eigenvalue weighted by Gasteiger charge is -2.23. The molecule has 1 aliphatic rings. The van der Waals surface area contributed by atoms with Crippen molar-refractivity contribution in [2.45, 2.75) is 23.0 Å². The number of nitrogens with two attached hydrogens (primary N) is 1. The molecule has 6 nitrogen and oxygen atoms in total. The molecule has 1 unspecified atom stereocenters. The molecule has 0 radical (unpaired) electrons. The molecule has 0 aliphatic carbocycles. The van der Waals surface area contributed by atoms with Gasteiger partial charge in [-0.25, -0.2) is 0 Å². The Kier molecular flexibility index (Phi) is 5.04. The quantitative estimate of drug-likeness (QED) is 0.765. The van der Waals surface area contributed by atoms with E-state index in [-0.39, 0.29) is 24.7 Å². The van der Waals surface area contributed by atoms with Crippen molar-refractivity contribution in [3.05, 3.63) is 54.1 Å². The highest BCUT2D eigenvalue weighted by Gasteiger charge is 2.28. The second-order valence-corrected chi connectivity index (χ2v) is 6.93. The van der Waals surface area contributed by atoms with Gasteiger partial charge in [-0.3, -0.25) is 14.4 Å². The van der Waals surface area contributed by atoms with Crippen LogP contribution in [0.5, 0.6) is 0 Å². The average Bonchev–Trinajstić information content (AvgIpc) is 2.57. The van der Waals surface area contributed by atoms with Gasteiger partial charge in [0, 0.05) is 17.0 Å². The summed E-state index contributed by atoms with van der Waals surface area (Å²) in [5.41, 5.74) is 7.32. The van der Waals surface area contributed by atoms with E-state index in [1.54, 1.807) is 24.3 Å². The van der Waals surface area contributed by atoms with Crippen LogP contribution < -0.4 is 16.4 Å². The average molecular weight is 355 g/mol. The number of rotatable bonds is 5. The van der Waals surface area contributed by atoms with Crippen LogP contribution in [0.3, 0.4) is 0 Å². The third-order valence-electron chi connectivity index (χ3n) is 3.69. The molecule has 2 aromatic carbocycles. The van der Waals surface area contributed by atoms with Crippen molar-refractivity contribution in [1.29, 1.82) is 0 Å². The fourth-order valence-corrected chi connectivity index (χ4v) is 3.62. The SMILES string of the molecule is NC(=O)Cc1ccc(NC(=O)CC2Sc3ccccc3NC2=O)cc1. The van der Waals surface area contributed by atoms with Crippen LogP contribution >= 0.6 is 11.8 Å². The first kappa shape index (κ1) is 17.0. The number of para-hydroxylation sites is 1. The van der Waals surface area contributed by atoms with Crippen LogP contribution in [0.15, 0.2) is 53.4 Å². The summed E-state index contributed by atoms with van der Waals surface area (Å²) in [5, 5.41) is 5.12. The van der Waals surface area contributed by atoms with E-state index in [1.165, 1.54) is 11.8 Å². The van der Waals surface area contributed by atoms with Crippen LogP contribution in [-0.4, -0.2) is 23.0 Å². The highest BCUT2D eigenvalue weighted by molar-refractivity contribution is 8.01. The van der Waals surface area contributed by atoms with Crippen molar-refractivity contribution in [2.24, 2.45) is 5.73 Å². The van der Waals surface area contributed by atoms with Gasteiger partial charge in [-0.2, -0.15) is 0 Å². The molecule has 128 valence electrons. The number of hydrogen-bond acceptors (Lipinski definition) is 4. The minimum atomic E-state index is -0.468. The molecule has 0 spiro atoms. The smallest absolute Gasteiger partial charge is 0.238 e. The summed E-state index contributed by atoms with van der Waals surface area (Å²) in [5.74, 6) is -0.817. The van der Waals surface area contributed by atoms with Crippen molar-refractivity contribution >= 4 is 40.9 Å². The van der Waals surface area contributed by atoms with Crippen LogP contribution in [-0.2, 0) is 20.8 Å². The standard InChI is InChI=1S/C18H17N3O3S/c19-16(22)9-11-5-7-12(8-6-11)20-17(23)10-15-18(24)21-13-3-1-2-4-14(13)25-15/h1-8,15H,9-10H2,(H2,19,22)(H,20,23)(H,21,24). The Balaban J connectivity index is 1.59. The van der Waals surface area contributed by atoms with Gasteiger partial charge in [0.2, 0.25) is 17.7 Å². The van der Waals surface area contributed by atoms with Crippen LogP contribution in [0.25, 0.3) is 0 Å². The van der Waals surface area contributed by atoms with Gasteiger partial charge in [-0.1, -0.05) is 24.3 Å². The van der Waals surface area contributed by atoms with Gasteiger partial charge in [0.1, 0.15) is 0 Å². The molecule has 3 amide bonds. The predicted molar refractivity (Wildman–Crippen MR) is 97.3 cm³/mol. The second kappa shape index (κ2) is 7.40. The molecule has 25 heavy (non-hydrogen) atoms. The lowest BCUT2D eigenvalue weighted by molar-refractivity contribution is -0.120. The van der Waals surface area contributed by atoms with Gasteiger partial charge >= 0.3 is 0 Å². The molecule has 7 heteroatoms. The van der Waals surface area contributed by atoms with Crippen molar-refractivity contribution in [1.82, 2.24) is 0 Å². The summed E-state index contributed by atoms with van der Waals surface area (Å²) in [6.07, 6.45) is 0.237. The van der Waals surface area contributed by atoms with Gasteiger partial charge in [0.15, 0.2) is 0 Å². The van der Waals surface area contributed by atoms with E-state index in [9.17, 15) is 14.4 Å². The van der Waals surface area contributed by atoms with E-state index >= 15 is 0 Å². The summed E-state index contributed by atoms with van der Waals surface area (Å²) in [7, 11) is 0. The minimum absolute atomic E-state index is 0.0773. The molecular weight excluding hydrogens is 338 g/mol. The zero-order valence-electron chi connectivity index (χ0n) is 13.3. The lowest BCUT2D eigenvalue weighted by atomic mass is 10.1. The fourth-order valence-electron chi connectivity index (χ4n) is 2.51. The molecule has 0 saturated heterocycles. The molecule has 1 atom stereocenters. The van der Waals surface area contributed by atoms with Crippen LogP contribution in [0, 0.1) is 0 Å². The maximum Gasteiger partial charge on any atom is 0.238 e. The van der Waals surface area contributed by atoms with Crippen molar-refractivity contribution in [3.63, 3.8) is 0 Å². The van der Waals surface area contributed by atoms with E-state index in [0.717, 1.165) is 16.1 Å². The maximum absolute atomic E-state index is 12.2. The van der Waals surface area contributed by atoms with Crippen molar-refractivity contribution in [3.8, 4) is 0 Å². The van der Waals surface area contributed by atoms with E-state index in [1.807, 2.05) is 24.3 Å². The molecule has 0 bridgehead atoms. The highest BCUT2D eigenvalue weighted by atomic mass is 32.2. The monoisotopic (exact) mass is 355 g/mol. The lowest BCUT2D eigenvalue weighted by Crippen LogP contribution is -2.32. The van der Waals surface area contributed by atoms with Crippen molar-refractivity contribution in [2.75, 3.05) is 10.6 Å². The predicted octanol–water partition coefficient (Wildman–Crippen LogP) is 2.16. The molecule has 1 aliphatic heterocycles. The Morgan fingerprint density at radius 2 is 1.84 bits per heavy atom. The Labute approximate surface area is 149 Å². The summed E-state index contributed by atoms with van der Waals surface area (Å²) < 4.78 is 0. The van der Waals surface area contributed by atoms with Gasteiger partial charge in [0.25, 0.3) is 0 Å². The van der Waals surface area contributed by atoms with E-state index in [4.69, 9.17) is 5.73 Å². The molecule has 2 aromatic rings. The number of thioether (sulfide) groups is 1. The number of primary amides is 1. The molecule has 1 heterocycles. The Morgan fingerprint density at radius 1 is 1.12 bits per heavy atom. The van der Waals surface area contributed by atoms with Crippen LogP contribution in [0.1, 0.15) is 12.0 Å². The highest BCUT2D eigenvalue weighted by Crippen LogP contribution is 2.36. The second-order valence-electron chi connectivity index (χ2n) is 5.68. The zero-order chi connectivity index (χ0) is 17.8. The van der Waals surface area contributed by atoms with E-state index < -0.39 is 11.2 Å².